The van der Waals surface area contributed by atoms with Crippen LogP contribution in [0.15, 0.2) is 11.9 Å². The quantitative estimate of drug-likeness (QED) is 0.537. The second-order valence-electron chi connectivity index (χ2n) is 3.35. The molecule has 1 heteroatoms. The zero-order valence-corrected chi connectivity index (χ0v) is 7.90. The molecule has 1 saturated carbocycles. The molecule has 0 aromatic carbocycles. The topological polar surface area (TPSA) is 0 Å². The molecule has 0 radical (unpaired) electrons. The summed E-state index contributed by atoms with van der Waals surface area (Å²) in [6.45, 7) is 4.61. The smallest absolute Gasteiger partial charge is 0.0230 e. The fourth-order valence-electron chi connectivity index (χ4n) is 1.44. The van der Waals surface area contributed by atoms with Gasteiger partial charge in [-0.05, 0) is 32.1 Å². The normalized spacial score (nSPS) is 21.5. The molecule has 58 valence electrons. The molecule has 0 saturated heterocycles. The molecule has 0 unspecified atom stereocenters. The molecule has 1 aliphatic carbocycles. The Kier molecular flexibility index (Phi) is 3.42. The fraction of sp³-hybridized carbons (Fsp3) is 0.778. The summed E-state index contributed by atoms with van der Waals surface area (Å²) in [5, 5.41) is 0. The van der Waals surface area contributed by atoms with E-state index in [0.717, 1.165) is 5.92 Å². The highest BCUT2D eigenvalue weighted by Gasteiger charge is 2.10. The van der Waals surface area contributed by atoms with Crippen molar-refractivity contribution in [3.63, 3.8) is 0 Å². The van der Waals surface area contributed by atoms with E-state index in [1.807, 2.05) is 0 Å². The first-order valence-corrected chi connectivity index (χ1v) is 6.44. The molecule has 0 aromatic heterocycles. The van der Waals surface area contributed by atoms with Crippen LogP contribution in [0, 0.1) is 5.92 Å². The third-order valence-electron chi connectivity index (χ3n) is 2.06. The summed E-state index contributed by atoms with van der Waals surface area (Å²) in [5.74, 6) is 3.34. The summed E-state index contributed by atoms with van der Waals surface area (Å²) in [7, 11) is 0.203. The Morgan fingerprint density at radius 3 is 2.30 bits per heavy atom. The minimum atomic E-state index is 0.203. The van der Waals surface area contributed by atoms with E-state index in [0.29, 0.717) is 0 Å². The van der Waals surface area contributed by atoms with Crippen LogP contribution >= 0.6 is 7.92 Å². The lowest BCUT2D eigenvalue weighted by Crippen LogP contribution is -1.84. The van der Waals surface area contributed by atoms with E-state index in [-0.39, 0.29) is 7.92 Å². The maximum Gasteiger partial charge on any atom is -0.0230 e. The highest BCUT2D eigenvalue weighted by molar-refractivity contribution is 7.59. The van der Waals surface area contributed by atoms with Crippen molar-refractivity contribution in [1.82, 2.24) is 0 Å². The van der Waals surface area contributed by atoms with Gasteiger partial charge in [-0.25, -0.2) is 0 Å². The molecular formula is C9H17P. The van der Waals surface area contributed by atoms with Crippen LogP contribution < -0.4 is 0 Å². The minimum Gasteiger partial charge on any atom is -0.0900 e. The van der Waals surface area contributed by atoms with Crippen LogP contribution in [-0.2, 0) is 0 Å². The Bertz CT molecular complexity index is 110. The molecule has 0 amide bonds. The van der Waals surface area contributed by atoms with Crippen LogP contribution in [0.4, 0.5) is 0 Å². The molecule has 0 nitrogen and oxygen atoms in total. The van der Waals surface area contributed by atoms with Crippen molar-refractivity contribution >= 4 is 7.92 Å². The third kappa shape index (κ3) is 2.84. The van der Waals surface area contributed by atoms with Crippen molar-refractivity contribution in [2.75, 3.05) is 13.3 Å². The van der Waals surface area contributed by atoms with Gasteiger partial charge in [0.05, 0.1) is 0 Å². The van der Waals surface area contributed by atoms with Gasteiger partial charge in [-0.3, -0.25) is 0 Å². The molecule has 0 bridgehead atoms. The number of rotatable bonds is 2. The first-order valence-electron chi connectivity index (χ1n) is 4.14. The summed E-state index contributed by atoms with van der Waals surface area (Å²) in [4.78, 5) is 0. The van der Waals surface area contributed by atoms with Crippen LogP contribution in [0.3, 0.4) is 0 Å². The van der Waals surface area contributed by atoms with Gasteiger partial charge >= 0.3 is 0 Å². The van der Waals surface area contributed by atoms with Crippen LogP contribution in [0.5, 0.6) is 0 Å². The first kappa shape index (κ1) is 8.27. The lowest BCUT2D eigenvalue weighted by atomic mass is 10.1. The van der Waals surface area contributed by atoms with Crippen molar-refractivity contribution in [3.8, 4) is 0 Å². The van der Waals surface area contributed by atoms with E-state index in [9.17, 15) is 0 Å². The predicted octanol–water partition coefficient (Wildman–Crippen LogP) is 3.43. The fourth-order valence-corrected chi connectivity index (χ4v) is 2.03. The maximum absolute atomic E-state index is 2.44. The molecule has 1 aliphatic rings. The van der Waals surface area contributed by atoms with Gasteiger partial charge in [0.15, 0.2) is 0 Å². The van der Waals surface area contributed by atoms with E-state index in [1.165, 1.54) is 25.7 Å². The molecule has 1 rings (SSSR count). The summed E-state index contributed by atoms with van der Waals surface area (Å²) < 4.78 is 0. The van der Waals surface area contributed by atoms with Crippen molar-refractivity contribution in [1.29, 1.82) is 0 Å². The Morgan fingerprint density at radius 2 is 1.80 bits per heavy atom. The van der Waals surface area contributed by atoms with E-state index in [2.05, 4.69) is 25.2 Å². The summed E-state index contributed by atoms with van der Waals surface area (Å²) >= 11 is 0. The average Bonchev–Trinajstić information content (AvgIpc) is 2.34. The van der Waals surface area contributed by atoms with Crippen LogP contribution in [0.25, 0.3) is 0 Å². The summed E-state index contributed by atoms with van der Waals surface area (Å²) in [5.41, 5.74) is 0. The van der Waals surface area contributed by atoms with Crippen LogP contribution in [0.1, 0.15) is 25.7 Å². The monoisotopic (exact) mass is 156 g/mol. The lowest BCUT2D eigenvalue weighted by molar-refractivity contribution is 0.687. The predicted molar refractivity (Wildman–Crippen MR) is 49.9 cm³/mol. The van der Waals surface area contributed by atoms with Gasteiger partial charge in [0.1, 0.15) is 0 Å². The molecule has 0 aliphatic heterocycles. The maximum atomic E-state index is 2.44. The standard InChI is InChI=1S/C9H17P/c1-10(2)8-7-9-5-3-4-6-9/h7-9H,3-6H2,1-2H3/b8-7+. The van der Waals surface area contributed by atoms with Crippen molar-refractivity contribution in [3.05, 3.63) is 11.9 Å². The van der Waals surface area contributed by atoms with Crippen molar-refractivity contribution in [2.45, 2.75) is 25.7 Å². The molecular weight excluding hydrogens is 139 g/mol. The van der Waals surface area contributed by atoms with Gasteiger partial charge in [0.2, 0.25) is 0 Å². The highest BCUT2D eigenvalue weighted by atomic mass is 31.1. The average molecular weight is 156 g/mol. The first-order chi connectivity index (χ1) is 4.79. The lowest BCUT2D eigenvalue weighted by Gasteiger charge is -2.01. The summed E-state index contributed by atoms with van der Waals surface area (Å²) in [6.07, 6.45) is 8.25. The second-order valence-corrected chi connectivity index (χ2v) is 5.58. The van der Waals surface area contributed by atoms with Gasteiger partial charge in [0.25, 0.3) is 0 Å². The number of allylic oxidation sites excluding steroid dienone is 1. The van der Waals surface area contributed by atoms with Gasteiger partial charge in [0, 0.05) is 0 Å². The molecule has 10 heavy (non-hydrogen) atoms. The molecule has 0 heterocycles. The van der Waals surface area contributed by atoms with E-state index >= 15 is 0 Å². The third-order valence-corrected chi connectivity index (χ3v) is 2.82. The second kappa shape index (κ2) is 4.13. The Morgan fingerprint density at radius 1 is 1.20 bits per heavy atom. The number of hydrogen-bond acceptors (Lipinski definition) is 0. The minimum absolute atomic E-state index is 0.203. The molecule has 0 N–H and O–H groups in total. The molecule has 0 spiro atoms. The Labute approximate surface area is 65.5 Å². The van der Waals surface area contributed by atoms with Gasteiger partial charge in [-0.15, -0.1) is 0 Å². The van der Waals surface area contributed by atoms with Crippen molar-refractivity contribution < 1.29 is 0 Å². The van der Waals surface area contributed by atoms with Gasteiger partial charge in [-0.2, -0.15) is 0 Å². The van der Waals surface area contributed by atoms with E-state index in [1.54, 1.807) is 0 Å². The zero-order valence-electron chi connectivity index (χ0n) is 7.01. The molecule has 0 aromatic rings. The summed E-state index contributed by atoms with van der Waals surface area (Å²) in [6, 6.07) is 0. The van der Waals surface area contributed by atoms with E-state index < -0.39 is 0 Å². The highest BCUT2D eigenvalue weighted by Crippen LogP contribution is 2.31. The van der Waals surface area contributed by atoms with E-state index in [4.69, 9.17) is 0 Å². The largest absolute Gasteiger partial charge is 0.0900 e. The number of hydrogen-bond donors (Lipinski definition) is 0. The van der Waals surface area contributed by atoms with Crippen LogP contribution in [-0.4, -0.2) is 13.3 Å². The van der Waals surface area contributed by atoms with Gasteiger partial charge in [-0.1, -0.05) is 32.7 Å². The molecule has 0 atom stereocenters. The molecule has 1 fully saturated rings. The van der Waals surface area contributed by atoms with Gasteiger partial charge < -0.3 is 0 Å². The van der Waals surface area contributed by atoms with Crippen molar-refractivity contribution in [2.24, 2.45) is 5.92 Å². The SMILES string of the molecule is CP(C)/C=C/C1CCCC1. The Balaban J connectivity index is 2.23. The zero-order chi connectivity index (χ0) is 7.40. The van der Waals surface area contributed by atoms with Crippen LogP contribution in [0.2, 0.25) is 0 Å². The Hall–Kier alpha value is 0.170.